The molecule has 1 N–H and O–H groups in total. The third-order valence-corrected chi connectivity index (χ3v) is 2.95. The van der Waals surface area contributed by atoms with Crippen LogP contribution >= 0.6 is 15.9 Å². The lowest BCUT2D eigenvalue weighted by Gasteiger charge is -2.14. The molecule has 1 saturated heterocycles. The molecule has 2 nitrogen and oxygen atoms in total. The summed E-state index contributed by atoms with van der Waals surface area (Å²) in [5.74, 6) is 0.994. The van der Waals surface area contributed by atoms with Gasteiger partial charge in [-0.1, -0.05) is 22.0 Å². The van der Waals surface area contributed by atoms with Crippen molar-refractivity contribution in [2.45, 2.75) is 19.4 Å². The standard InChI is InChI=1S/C11H14BrNO/c1-8-2-3-9(12)6-11(8)14-10-4-5-13-7-10/h2-3,6,10,13H,4-5,7H2,1H3. The summed E-state index contributed by atoms with van der Waals surface area (Å²) in [4.78, 5) is 0. The van der Waals surface area contributed by atoms with Crippen molar-refractivity contribution in [1.29, 1.82) is 0 Å². The summed E-state index contributed by atoms with van der Waals surface area (Å²) in [5, 5.41) is 3.29. The highest BCUT2D eigenvalue weighted by atomic mass is 79.9. The predicted octanol–water partition coefficient (Wildman–Crippen LogP) is 2.50. The molecular weight excluding hydrogens is 242 g/mol. The molecular formula is C11H14BrNO. The molecule has 0 saturated carbocycles. The van der Waals surface area contributed by atoms with Gasteiger partial charge in [-0.2, -0.15) is 0 Å². The quantitative estimate of drug-likeness (QED) is 0.877. The van der Waals surface area contributed by atoms with Crippen LogP contribution in [0.4, 0.5) is 0 Å². The lowest BCUT2D eigenvalue weighted by atomic mass is 10.2. The molecule has 0 radical (unpaired) electrons. The Kier molecular flexibility index (Phi) is 3.08. The first-order chi connectivity index (χ1) is 6.75. The van der Waals surface area contributed by atoms with Crippen molar-refractivity contribution in [3.05, 3.63) is 28.2 Å². The highest BCUT2D eigenvalue weighted by Crippen LogP contribution is 2.24. The fourth-order valence-electron chi connectivity index (χ4n) is 1.61. The van der Waals surface area contributed by atoms with Crippen LogP contribution in [0.15, 0.2) is 22.7 Å². The predicted molar refractivity (Wildman–Crippen MR) is 60.8 cm³/mol. The summed E-state index contributed by atoms with van der Waals surface area (Å²) in [6.45, 7) is 4.10. The molecule has 14 heavy (non-hydrogen) atoms. The minimum atomic E-state index is 0.336. The van der Waals surface area contributed by atoms with Crippen LogP contribution in [0.5, 0.6) is 5.75 Å². The molecule has 0 aromatic heterocycles. The van der Waals surface area contributed by atoms with Crippen LogP contribution in [-0.2, 0) is 0 Å². The molecule has 1 aliphatic heterocycles. The number of halogens is 1. The Morgan fingerprint density at radius 1 is 1.50 bits per heavy atom. The number of hydrogen-bond donors (Lipinski definition) is 1. The van der Waals surface area contributed by atoms with Gasteiger partial charge in [-0.3, -0.25) is 0 Å². The second kappa shape index (κ2) is 4.32. The number of nitrogens with one attached hydrogen (secondary N) is 1. The largest absolute Gasteiger partial charge is 0.489 e. The van der Waals surface area contributed by atoms with Crippen molar-refractivity contribution in [1.82, 2.24) is 5.32 Å². The van der Waals surface area contributed by atoms with Gasteiger partial charge in [0.1, 0.15) is 11.9 Å². The number of aryl methyl sites for hydroxylation is 1. The van der Waals surface area contributed by atoms with E-state index in [4.69, 9.17) is 4.74 Å². The molecule has 0 spiro atoms. The van der Waals surface area contributed by atoms with E-state index in [9.17, 15) is 0 Å². The van der Waals surface area contributed by atoms with Crippen LogP contribution in [0.3, 0.4) is 0 Å². The minimum Gasteiger partial charge on any atom is -0.489 e. The Hall–Kier alpha value is -0.540. The van der Waals surface area contributed by atoms with Crippen LogP contribution < -0.4 is 10.1 Å². The average molecular weight is 256 g/mol. The van der Waals surface area contributed by atoms with Gasteiger partial charge in [0.05, 0.1) is 0 Å². The molecule has 2 rings (SSSR count). The number of ether oxygens (including phenoxy) is 1. The highest BCUT2D eigenvalue weighted by Gasteiger charge is 2.16. The normalized spacial score (nSPS) is 21.1. The van der Waals surface area contributed by atoms with Crippen molar-refractivity contribution >= 4 is 15.9 Å². The fraction of sp³-hybridized carbons (Fsp3) is 0.455. The zero-order chi connectivity index (χ0) is 9.97. The van der Waals surface area contributed by atoms with Gasteiger partial charge in [0, 0.05) is 11.0 Å². The zero-order valence-corrected chi connectivity index (χ0v) is 9.80. The Morgan fingerprint density at radius 3 is 3.07 bits per heavy atom. The van der Waals surface area contributed by atoms with E-state index < -0.39 is 0 Å². The minimum absolute atomic E-state index is 0.336. The lowest BCUT2D eigenvalue weighted by Crippen LogP contribution is -2.19. The van der Waals surface area contributed by atoms with Crippen molar-refractivity contribution in [2.75, 3.05) is 13.1 Å². The summed E-state index contributed by atoms with van der Waals surface area (Å²) in [6, 6.07) is 6.14. The molecule has 1 fully saturated rings. The molecule has 1 heterocycles. The Morgan fingerprint density at radius 2 is 2.36 bits per heavy atom. The van der Waals surface area contributed by atoms with Crippen LogP contribution in [0.1, 0.15) is 12.0 Å². The lowest BCUT2D eigenvalue weighted by molar-refractivity contribution is 0.221. The zero-order valence-electron chi connectivity index (χ0n) is 8.22. The van der Waals surface area contributed by atoms with Gasteiger partial charge in [0.2, 0.25) is 0 Å². The molecule has 1 unspecified atom stereocenters. The summed E-state index contributed by atoms with van der Waals surface area (Å²) in [6.07, 6.45) is 1.44. The van der Waals surface area contributed by atoms with E-state index in [0.717, 1.165) is 29.7 Å². The average Bonchev–Trinajstić information content (AvgIpc) is 2.64. The van der Waals surface area contributed by atoms with Gasteiger partial charge < -0.3 is 10.1 Å². The van der Waals surface area contributed by atoms with Gasteiger partial charge in [-0.05, 0) is 37.6 Å². The van der Waals surface area contributed by atoms with Gasteiger partial charge >= 0.3 is 0 Å². The fourth-order valence-corrected chi connectivity index (χ4v) is 1.95. The third kappa shape index (κ3) is 2.28. The number of hydrogen-bond acceptors (Lipinski definition) is 2. The maximum absolute atomic E-state index is 5.89. The smallest absolute Gasteiger partial charge is 0.123 e. The maximum atomic E-state index is 5.89. The van der Waals surface area contributed by atoms with Crippen LogP contribution in [0.2, 0.25) is 0 Å². The first-order valence-electron chi connectivity index (χ1n) is 4.89. The number of benzene rings is 1. The Bertz CT molecular complexity index is 321. The third-order valence-electron chi connectivity index (χ3n) is 2.46. The maximum Gasteiger partial charge on any atom is 0.123 e. The van der Waals surface area contributed by atoms with Crippen molar-refractivity contribution in [2.24, 2.45) is 0 Å². The molecule has 0 bridgehead atoms. The van der Waals surface area contributed by atoms with Gasteiger partial charge in [0.15, 0.2) is 0 Å². The molecule has 3 heteroatoms. The van der Waals surface area contributed by atoms with Crippen LogP contribution in [0, 0.1) is 6.92 Å². The van der Waals surface area contributed by atoms with E-state index >= 15 is 0 Å². The second-order valence-electron chi connectivity index (χ2n) is 3.64. The van der Waals surface area contributed by atoms with Gasteiger partial charge in [0.25, 0.3) is 0 Å². The van der Waals surface area contributed by atoms with Crippen molar-refractivity contribution in [3.8, 4) is 5.75 Å². The highest BCUT2D eigenvalue weighted by molar-refractivity contribution is 9.10. The van der Waals surface area contributed by atoms with E-state index in [0.29, 0.717) is 6.10 Å². The van der Waals surface area contributed by atoms with Crippen LogP contribution in [0.25, 0.3) is 0 Å². The molecule has 0 amide bonds. The molecule has 1 atom stereocenters. The van der Waals surface area contributed by atoms with E-state index in [2.05, 4.69) is 34.2 Å². The Balaban J connectivity index is 2.10. The summed E-state index contributed by atoms with van der Waals surface area (Å²) < 4.78 is 6.97. The van der Waals surface area contributed by atoms with E-state index in [1.54, 1.807) is 0 Å². The molecule has 1 aliphatic rings. The van der Waals surface area contributed by atoms with Crippen molar-refractivity contribution in [3.63, 3.8) is 0 Å². The molecule has 1 aromatic carbocycles. The van der Waals surface area contributed by atoms with E-state index in [1.807, 2.05) is 12.1 Å². The monoisotopic (exact) mass is 255 g/mol. The van der Waals surface area contributed by atoms with Gasteiger partial charge in [-0.15, -0.1) is 0 Å². The Labute approximate surface area is 92.8 Å². The SMILES string of the molecule is Cc1ccc(Br)cc1OC1CCNC1. The topological polar surface area (TPSA) is 21.3 Å². The molecule has 1 aromatic rings. The van der Waals surface area contributed by atoms with Gasteiger partial charge in [-0.25, -0.2) is 0 Å². The summed E-state index contributed by atoms with van der Waals surface area (Å²) >= 11 is 3.45. The van der Waals surface area contributed by atoms with Crippen LogP contribution in [-0.4, -0.2) is 19.2 Å². The van der Waals surface area contributed by atoms with E-state index in [-0.39, 0.29) is 0 Å². The summed E-state index contributed by atoms with van der Waals surface area (Å²) in [5.41, 5.74) is 1.19. The molecule has 0 aliphatic carbocycles. The van der Waals surface area contributed by atoms with E-state index in [1.165, 1.54) is 5.56 Å². The first-order valence-corrected chi connectivity index (χ1v) is 5.68. The molecule has 76 valence electrons. The second-order valence-corrected chi connectivity index (χ2v) is 4.56. The summed E-state index contributed by atoms with van der Waals surface area (Å²) in [7, 11) is 0. The van der Waals surface area contributed by atoms with Crippen molar-refractivity contribution < 1.29 is 4.74 Å². The number of rotatable bonds is 2. The first kappa shape index (κ1) is 9.99.